The number of nitrogens with one attached hydrogen (secondary N) is 2. The molecule has 0 aliphatic heterocycles. The number of hydrogen-bond donors (Lipinski definition) is 2. The monoisotopic (exact) mass is 530 g/mol. The molecule has 0 aliphatic carbocycles. The standard InChI is InChI=1S/C21H27N9S2.Cu/c1-14(24-28-20(31)22-3)15(2)25-29-21(32)23-16-6-8-17(9-7-16)26-27-18-10-12-19(13-11-18)30(4)5;/h6-13H,1-5H3,(H2,22,28,31)(H2,23,29,32);/q;+2/p-2. The van der Waals surface area contributed by atoms with E-state index >= 15 is 0 Å². The number of amidine groups is 2. The first-order valence-corrected chi connectivity index (χ1v) is 10.4. The van der Waals surface area contributed by atoms with Crippen LogP contribution in [0.4, 0.5) is 22.7 Å². The maximum absolute atomic E-state index is 5.22. The molecule has 9 nitrogen and oxygen atoms in total. The van der Waals surface area contributed by atoms with E-state index in [4.69, 9.17) is 25.3 Å². The molecule has 2 aromatic rings. The van der Waals surface area contributed by atoms with E-state index in [2.05, 4.69) is 41.3 Å². The molecule has 0 fully saturated rings. The van der Waals surface area contributed by atoms with Crippen molar-refractivity contribution >= 4 is 69.8 Å². The maximum Gasteiger partial charge on any atom is 2.00 e. The summed E-state index contributed by atoms with van der Waals surface area (Å²) >= 11 is 10.1. The fourth-order valence-electron chi connectivity index (χ4n) is 2.13. The molecule has 2 rings (SSSR count). The second-order valence-electron chi connectivity index (χ2n) is 6.71. The molecule has 0 bridgehead atoms. The van der Waals surface area contributed by atoms with Gasteiger partial charge in [0.05, 0.1) is 22.8 Å². The van der Waals surface area contributed by atoms with Gasteiger partial charge in [0.1, 0.15) is 0 Å². The summed E-state index contributed by atoms with van der Waals surface area (Å²) in [4.78, 5) is 2.03. The Hall–Kier alpha value is -2.92. The van der Waals surface area contributed by atoms with Crippen LogP contribution in [0.15, 0.2) is 79.2 Å². The molecule has 0 saturated carbocycles. The van der Waals surface area contributed by atoms with Crippen LogP contribution < -0.4 is 15.5 Å². The summed E-state index contributed by atoms with van der Waals surface area (Å²) in [5, 5.41) is 30.6. The topological polar surface area (TPSA) is 101 Å². The Morgan fingerprint density at radius 3 is 1.64 bits per heavy atom. The zero-order valence-electron chi connectivity index (χ0n) is 18.9. The maximum atomic E-state index is 5.22. The van der Waals surface area contributed by atoms with Crippen LogP contribution in [0.5, 0.6) is 0 Å². The van der Waals surface area contributed by atoms with Gasteiger partial charge < -0.3 is 40.8 Å². The van der Waals surface area contributed by atoms with Gasteiger partial charge in [-0.3, -0.25) is 0 Å². The summed E-state index contributed by atoms with van der Waals surface area (Å²) in [5.41, 5.74) is 4.53. The predicted octanol–water partition coefficient (Wildman–Crippen LogP) is 4.35. The van der Waals surface area contributed by atoms with Crippen LogP contribution in [0.2, 0.25) is 0 Å². The third kappa shape index (κ3) is 10.0. The normalized spacial score (nSPS) is 13.0. The molecule has 0 atom stereocenters. The van der Waals surface area contributed by atoms with Gasteiger partial charge in [-0.1, -0.05) is 0 Å². The van der Waals surface area contributed by atoms with Gasteiger partial charge in [-0.25, -0.2) is 0 Å². The van der Waals surface area contributed by atoms with E-state index in [1.54, 1.807) is 20.9 Å². The van der Waals surface area contributed by atoms with E-state index in [0.717, 1.165) is 22.7 Å². The molecule has 2 N–H and O–H groups in total. The van der Waals surface area contributed by atoms with Crippen LogP contribution in [0.25, 0.3) is 0 Å². The Bertz CT molecular complexity index is 1040. The minimum atomic E-state index is 0. The smallest absolute Gasteiger partial charge is 0.741 e. The third-order valence-electron chi connectivity index (χ3n) is 4.08. The number of azo groups is 1. The average Bonchev–Trinajstić information content (AvgIpc) is 2.80. The molecular formula is C21H25CuN9S2. The van der Waals surface area contributed by atoms with Gasteiger partial charge in [0, 0.05) is 37.7 Å². The number of hydrogen-bond acceptors (Lipinski definition) is 9. The van der Waals surface area contributed by atoms with E-state index in [-0.39, 0.29) is 27.4 Å². The van der Waals surface area contributed by atoms with Crippen LogP contribution in [-0.2, 0) is 42.3 Å². The van der Waals surface area contributed by atoms with Crippen molar-refractivity contribution in [1.82, 2.24) is 5.32 Å². The molecule has 177 valence electrons. The first-order valence-electron chi connectivity index (χ1n) is 9.61. The summed E-state index contributed by atoms with van der Waals surface area (Å²) in [6.45, 7) is 3.52. The largest absolute Gasteiger partial charge is 2.00 e. The third-order valence-corrected chi connectivity index (χ3v) is 4.55. The fourth-order valence-corrected chi connectivity index (χ4v) is 2.33. The van der Waals surface area contributed by atoms with Crippen molar-refractivity contribution in [3.63, 3.8) is 0 Å². The number of benzene rings is 2. The van der Waals surface area contributed by atoms with Crippen LogP contribution in [0.3, 0.4) is 0 Å². The molecule has 0 unspecified atom stereocenters. The zero-order chi connectivity index (χ0) is 23.5. The second-order valence-corrected chi connectivity index (χ2v) is 7.49. The van der Waals surface area contributed by atoms with Gasteiger partial charge in [0.2, 0.25) is 0 Å². The van der Waals surface area contributed by atoms with Crippen LogP contribution in [0, 0.1) is 0 Å². The van der Waals surface area contributed by atoms with Gasteiger partial charge in [-0.15, -0.1) is 0 Å². The molecule has 33 heavy (non-hydrogen) atoms. The van der Waals surface area contributed by atoms with Gasteiger partial charge in [0.15, 0.2) is 0 Å². The van der Waals surface area contributed by atoms with Crippen molar-refractivity contribution in [3.05, 3.63) is 48.5 Å². The molecule has 0 aliphatic rings. The molecule has 0 amide bonds. The number of anilines is 2. The molecule has 0 aromatic heterocycles. The van der Waals surface area contributed by atoms with E-state index in [0.29, 0.717) is 11.4 Å². The summed E-state index contributed by atoms with van der Waals surface area (Å²) in [6, 6.07) is 15.2. The summed E-state index contributed by atoms with van der Waals surface area (Å²) in [7, 11) is 5.66. The molecule has 12 heteroatoms. The van der Waals surface area contributed by atoms with Crippen molar-refractivity contribution in [3.8, 4) is 0 Å². The van der Waals surface area contributed by atoms with Crippen molar-refractivity contribution in [2.75, 3.05) is 31.4 Å². The van der Waals surface area contributed by atoms with E-state index in [9.17, 15) is 0 Å². The molecule has 0 heterocycles. The summed E-state index contributed by atoms with van der Waals surface area (Å²) in [5.74, 6) is 0. The van der Waals surface area contributed by atoms with Crippen molar-refractivity contribution in [1.29, 1.82) is 0 Å². The van der Waals surface area contributed by atoms with Gasteiger partial charge >= 0.3 is 17.1 Å². The Labute approximate surface area is 216 Å². The molecule has 0 spiro atoms. The minimum Gasteiger partial charge on any atom is -0.741 e. The average molecular weight is 531 g/mol. The predicted molar refractivity (Wildman–Crippen MR) is 140 cm³/mol. The Morgan fingerprint density at radius 2 is 1.18 bits per heavy atom. The Balaban J connectivity index is 0.00000544. The number of nitrogens with zero attached hydrogens (tertiary/aromatic N) is 7. The Kier molecular flexibility index (Phi) is 12.2. The van der Waals surface area contributed by atoms with Crippen molar-refractivity contribution in [2.45, 2.75) is 13.8 Å². The molecule has 0 saturated heterocycles. The van der Waals surface area contributed by atoms with E-state index in [1.807, 2.05) is 67.5 Å². The molecular weight excluding hydrogens is 506 g/mol. The fraction of sp³-hybridized carbons (Fsp3) is 0.238. The quantitative estimate of drug-likeness (QED) is 0.138. The Morgan fingerprint density at radius 1 is 0.727 bits per heavy atom. The van der Waals surface area contributed by atoms with E-state index < -0.39 is 0 Å². The van der Waals surface area contributed by atoms with Gasteiger partial charge in [-0.2, -0.15) is 30.6 Å². The summed E-state index contributed by atoms with van der Waals surface area (Å²) in [6.07, 6.45) is 0. The van der Waals surface area contributed by atoms with Crippen LogP contribution in [0.1, 0.15) is 13.8 Å². The van der Waals surface area contributed by atoms with Crippen molar-refractivity contribution in [2.24, 2.45) is 30.6 Å². The first kappa shape index (κ1) is 28.1. The first-order chi connectivity index (χ1) is 15.3. The minimum absolute atomic E-state index is 0. The van der Waals surface area contributed by atoms with E-state index in [1.165, 1.54) is 0 Å². The summed E-state index contributed by atoms with van der Waals surface area (Å²) < 4.78 is 0. The zero-order valence-corrected chi connectivity index (χ0v) is 21.4. The van der Waals surface area contributed by atoms with Crippen molar-refractivity contribution < 1.29 is 17.1 Å². The number of rotatable bonds is 7. The van der Waals surface area contributed by atoms with Crippen LogP contribution >= 0.6 is 0 Å². The van der Waals surface area contributed by atoms with Crippen LogP contribution in [-0.4, -0.2) is 42.9 Å². The molecule has 1 radical (unpaired) electrons. The molecule has 2 aromatic carbocycles. The second kappa shape index (κ2) is 14.3. The van der Waals surface area contributed by atoms with Gasteiger partial charge in [-0.05, 0) is 67.5 Å². The SMILES string of the molecule is CNC([S-])=NN=C(C)C(C)=NN=C([S-])Nc1ccc(N=Nc2ccc(N(C)C)cc2)cc1.[Cu+2]. The van der Waals surface area contributed by atoms with Gasteiger partial charge in [0.25, 0.3) is 0 Å².